The van der Waals surface area contributed by atoms with Crippen LogP contribution in [0.25, 0.3) is 11.3 Å². The maximum Gasteiger partial charge on any atom is 0.120 e. The Kier molecular flexibility index (Phi) is 3.50. The van der Waals surface area contributed by atoms with Gasteiger partial charge in [0.05, 0.1) is 5.69 Å². The van der Waals surface area contributed by atoms with Crippen molar-refractivity contribution in [2.45, 2.75) is 6.61 Å². The normalized spacial score (nSPS) is 10.4. The van der Waals surface area contributed by atoms with E-state index in [0.717, 1.165) is 17.0 Å². The third-order valence-corrected chi connectivity index (χ3v) is 3.20. The molecular weight excluding hydrogens is 248 g/mol. The summed E-state index contributed by atoms with van der Waals surface area (Å²) < 4.78 is 7.70. The first-order chi connectivity index (χ1) is 9.83. The molecule has 0 radical (unpaired) electrons. The minimum Gasteiger partial charge on any atom is -0.489 e. The van der Waals surface area contributed by atoms with Gasteiger partial charge < -0.3 is 4.74 Å². The maximum absolute atomic E-state index is 5.84. The van der Waals surface area contributed by atoms with Gasteiger partial charge in [-0.1, -0.05) is 42.5 Å². The summed E-state index contributed by atoms with van der Waals surface area (Å²) >= 11 is 0. The lowest BCUT2D eigenvalue weighted by atomic mass is 10.1. The van der Waals surface area contributed by atoms with Crippen LogP contribution in [0.1, 0.15) is 5.56 Å². The van der Waals surface area contributed by atoms with Crippen LogP contribution in [0.15, 0.2) is 66.9 Å². The monoisotopic (exact) mass is 264 g/mol. The number of hydrogen-bond donors (Lipinski definition) is 0. The predicted octanol–water partition coefficient (Wildman–Crippen LogP) is 3.67. The number of aromatic nitrogens is 2. The highest BCUT2D eigenvalue weighted by Gasteiger charge is 2.04. The average Bonchev–Trinajstić information content (AvgIpc) is 2.93. The van der Waals surface area contributed by atoms with Crippen LogP contribution in [0, 0.1) is 0 Å². The highest BCUT2D eigenvalue weighted by Crippen LogP contribution is 2.23. The van der Waals surface area contributed by atoms with Crippen LogP contribution in [0.3, 0.4) is 0 Å². The first-order valence-electron chi connectivity index (χ1n) is 6.58. The standard InChI is InChI=1S/C17H16N2O/c1-19-17(10-11-18-19)15-8-5-9-16(12-15)20-13-14-6-3-2-4-7-14/h2-12H,13H2,1H3. The molecule has 3 aromatic rings. The Morgan fingerprint density at radius 1 is 1.00 bits per heavy atom. The van der Waals surface area contributed by atoms with E-state index in [1.165, 1.54) is 5.56 Å². The van der Waals surface area contributed by atoms with Gasteiger partial charge in [0.2, 0.25) is 0 Å². The molecule has 0 atom stereocenters. The SMILES string of the molecule is Cn1nccc1-c1cccc(OCc2ccccc2)c1. The lowest BCUT2D eigenvalue weighted by Crippen LogP contribution is -1.96. The van der Waals surface area contributed by atoms with Crippen LogP contribution in [0.2, 0.25) is 0 Å². The topological polar surface area (TPSA) is 27.1 Å². The molecule has 0 bridgehead atoms. The fourth-order valence-electron chi connectivity index (χ4n) is 2.14. The summed E-state index contributed by atoms with van der Waals surface area (Å²) in [4.78, 5) is 0. The zero-order chi connectivity index (χ0) is 13.8. The second-order valence-electron chi connectivity index (χ2n) is 4.64. The number of nitrogens with zero attached hydrogens (tertiary/aromatic N) is 2. The van der Waals surface area contributed by atoms with Crippen LogP contribution in [0.4, 0.5) is 0 Å². The fraction of sp³-hybridized carbons (Fsp3) is 0.118. The molecule has 0 aliphatic heterocycles. The van der Waals surface area contributed by atoms with Gasteiger partial charge in [0, 0.05) is 18.8 Å². The van der Waals surface area contributed by atoms with E-state index < -0.39 is 0 Å². The Morgan fingerprint density at radius 2 is 1.85 bits per heavy atom. The summed E-state index contributed by atoms with van der Waals surface area (Å²) in [5.41, 5.74) is 3.35. The first-order valence-corrected chi connectivity index (χ1v) is 6.58. The van der Waals surface area contributed by atoms with E-state index in [1.807, 2.05) is 54.2 Å². The molecule has 3 nitrogen and oxygen atoms in total. The van der Waals surface area contributed by atoms with Crippen LogP contribution >= 0.6 is 0 Å². The van der Waals surface area contributed by atoms with Gasteiger partial charge in [0.15, 0.2) is 0 Å². The summed E-state index contributed by atoms with van der Waals surface area (Å²) in [6.45, 7) is 0.579. The molecule has 1 aromatic heterocycles. The fourth-order valence-corrected chi connectivity index (χ4v) is 2.14. The summed E-state index contributed by atoms with van der Waals surface area (Å²) in [5.74, 6) is 0.868. The van der Waals surface area contributed by atoms with Crippen molar-refractivity contribution >= 4 is 0 Å². The average molecular weight is 264 g/mol. The lowest BCUT2D eigenvalue weighted by molar-refractivity contribution is 0.306. The number of ether oxygens (including phenoxy) is 1. The highest BCUT2D eigenvalue weighted by atomic mass is 16.5. The zero-order valence-electron chi connectivity index (χ0n) is 11.4. The summed E-state index contributed by atoms with van der Waals surface area (Å²) in [6.07, 6.45) is 1.80. The Balaban J connectivity index is 1.77. The molecule has 100 valence electrons. The molecule has 0 saturated carbocycles. The van der Waals surface area contributed by atoms with Crippen LogP contribution in [0.5, 0.6) is 5.75 Å². The molecule has 0 N–H and O–H groups in total. The zero-order valence-corrected chi connectivity index (χ0v) is 11.4. The van der Waals surface area contributed by atoms with Gasteiger partial charge in [-0.25, -0.2) is 0 Å². The summed E-state index contributed by atoms with van der Waals surface area (Å²) in [7, 11) is 1.94. The van der Waals surface area contributed by atoms with Gasteiger partial charge >= 0.3 is 0 Å². The van der Waals surface area contributed by atoms with E-state index in [4.69, 9.17) is 4.74 Å². The van der Waals surface area contributed by atoms with Crippen molar-refractivity contribution < 1.29 is 4.74 Å². The van der Waals surface area contributed by atoms with E-state index in [0.29, 0.717) is 6.61 Å². The predicted molar refractivity (Wildman–Crippen MR) is 79.4 cm³/mol. The molecule has 0 saturated heterocycles. The van der Waals surface area contributed by atoms with E-state index in [-0.39, 0.29) is 0 Å². The van der Waals surface area contributed by atoms with Gasteiger partial charge in [0.25, 0.3) is 0 Å². The third kappa shape index (κ3) is 2.72. The van der Waals surface area contributed by atoms with Gasteiger partial charge in [-0.05, 0) is 23.8 Å². The molecule has 2 aromatic carbocycles. The van der Waals surface area contributed by atoms with Gasteiger partial charge in [0.1, 0.15) is 12.4 Å². The Hall–Kier alpha value is -2.55. The van der Waals surface area contributed by atoms with Crippen molar-refractivity contribution in [3.8, 4) is 17.0 Å². The van der Waals surface area contributed by atoms with E-state index in [2.05, 4.69) is 23.3 Å². The summed E-state index contributed by atoms with van der Waals surface area (Å²) in [6, 6.07) is 20.2. The van der Waals surface area contributed by atoms with Gasteiger partial charge in [-0.3, -0.25) is 4.68 Å². The van der Waals surface area contributed by atoms with Crippen molar-refractivity contribution in [1.29, 1.82) is 0 Å². The van der Waals surface area contributed by atoms with Crippen molar-refractivity contribution in [3.63, 3.8) is 0 Å². The second kappa shape index (κ2) is 5.61. The molecule has 3 heteroatoms. The van der Waals surface area contributed by atoms with E-state index >= 15 is 0 Å². The van der Waals surface area contributed by atoms with Crippen LogP contribution in [-0.4, -0.2) is 9.78 Å². The molecule has 1 heterocycles. The molecule has 0 amide bonds. The van der Waals surface area contributed by atoms with Crippen molar-refractivity contribution in [3.05, 3.63) is 72.4 Å². The number of aryl methyl sites for hydroxylation is 1. The Bertz CT molecular complexity index is 689. The van der Waals surface area contributed by atoms with Crippen LogP contribution in [-0.2, 0) is 13.7 Å². The second-order valence-corrected chi connectivity index (χ2v) is 4.64. The number of hydrogen-bond acceptors (Lipinski definition) is 2. The van der Waals surface area contributed by atoms with E-state index in [9.17, 15) is 0 Å². The lowest BCUT2D eigenvalue weighted by Gasteiger charge is -2.08. The quantitative estimate of drug-likeness (QED) is 0.719. The van der Waals surface area contributed by atoms with Gasteiger partial charge in [-0.15, -0.1) is 0 Å². The Morgan fingerprint density at radius 3 is 2.60 bits per heavy atom. The maximum atomic E-state index is 5.84. The largest absolute Gasteiger partial charge is 0.489 e. The first kappa shape index (κ1) is 12.5. The van der Waals surface area contributed by atoms with E-state index in [1.54, 1.807) is 6.20 Å². The third-order valence-electron chi connectivity index (χ3n) is 3.20. The van der Waals surface area contributed by atoms with Crippen molar-refractivity contribution in [2.24, 2.45) is 7.05 Å². The minimum atomic E-state index is 0.579. The molecule has 0 fully saturated rings. The van der Waals surface area contributed by atoms with Crippen molar-refractivity contribution in [1.82, 2.24) is 9.78 Å². The highest BCUT2D eigenvalue weighted by molar-refractivity contribution is 5.61. The van der Waals surface area contributed by atoms with Gasteiger partial charge in [-0.2, -0.15) is 5.10 Å². The molecule has 0 aliphatic carbocycles. The molecule has 3 rings (SSSR count). The molecule has 0 spiro atoms. The minimum absolute atomic E-state index is 0.579. The smallest absolute Gasteiger partial charge is 0.120 e. The number of benzene rings is 2. The Labute approximate surface area is 118 Å². The molecule has 20 heavy (non-hydrogen) atoms. The summed E-state index contributed by atoms with van der Waals surface area (Å²) in [5, 5.41) is 4.19. The van der Waals surface area contributed by atoms with Crippen LogP contribution < -0.4 is 4.74 Å². The number of rotatable bonds is 4. The molecule has 0 unspecified atom stereocenters. The van der Waals surface area contributed by atoms with Crippen molar-refractivity contribution in [2.75, 3.05) is 0 Å². The molecular formula is C17H16N2O. The molecule has 0 aliphatic rings.